The Morgan fingerprint density at radius 2 is 1.96 bits per heavy atom. The molecule has 0 amide bonds. The maximum absolute atomic E-state index is 6.43. The molecule has 124 valence electrons. The summed E-state index contributed by atoms with van der Waals surface area (Å²) in [6.45, 7) is 2.18. The van der Waals surface area contributed by atoms with Gasteiger partial charge < -0.3 is 16.2 Å². The first-order valence-corrected chi connectivity index (χ1v) is 9.28. The van der Waals surface area contributed by atoms with Crippen LogP contribution in [0.3, 0.4) is 0 Å². The molecule has 1 aromatic carbocycles. The Labute approximate surface area is 150 Å². The molecule has 6 heteroatoms. The second kappa shape index (κ2) is 6.67. The van der Waals surface area contributed by atoms with Crippen molar-refractivity contribution in [1.29, 1.82) is 0 Å². The maximum atomic E-state index is 6.43. The van der Waals surface area contributed by atoms with Crippen LogP contribution in [0.25, 0.3) is 10.9 Å². The predicted octanol–water partition coefficient (Wildman–Crippen LogP) is 4.09. The van der Waals surface area contributed by atoms with Crippen LogP contribution in [0.2, 0.25) is 0 Å². The first-order chi connectivity index (χ1) is 11.0. The van der Waals surface area contributed by atoms with Crippen molar-refractivity contribution in [3.8, 4) is 5.75 Å². The van der Waals surface area contributed by atoms with Gasteiger partial charge in [-0.1, -0.05) is 54.8 Å². The molecule has 3 rings (SSSR count). The highest BCUT2D eigenvalue weighted by Crippen LogP contribution is 2.43. The van der Waals surface area contributed by atoms with E-state index in [9.17, 15) is 0 Å². The summed E-state index contributed by atoms with van der Waals surface area (Å²) < 4.78 is 6.62. The van der Waals surface area contributed by atoms with Crippen molar-refractivity contribution in [2.45, 2.75) is 55.0 Å². The van der Waals surface area contributed by atoms with Crippen LogP contribution in [0.5, 0.6) is 5.75 Å². The molecule has 2 aromatic rings. The fourth-order valence-electron chi connectivity index (χ4n) is 3.47. The Balaban J connectivity index is 1.96. The first-order valence-electron chi connectivity index (χ1n) is 8.21. The van der Waals surface area contributed by atoms with Crippen molar-refractivity contribution in [2.75, 3.05) is 11.5 Å². The van der Waals surface area contributed by atoms with E-state index in [0.717, 1.165) is 23.1 Å². The van der Waals surface area contributed by atoms with Gasteiger partial charge >= 0.3 is 0 Å². The smallest absolute Gasteiger partial charge is 0.222 e. The van der Waals surface area contributed by atoms with E-state index in [1.54, 1.807) is 0 Å². The lowest BCUT2D eigenvalue weighted by Gasteiger charge is -2.38. The third kappa shape index (κ3) is 3.32. The predicted molar refractivity (Wildman–Crippen MR) is 103 cm³/mol. The molecule has 0 aliphatic heterocycles. The van der Waals surface area contributed by atoms with Gasteiger partial charge in [0.05, 0.1) is 14.3 Å². The number of aromatic nitrogens is 2. The van der Waals surface area contributed by atoms with Crippen molar-refractivity contribution in [1.82, 2.24) is 9.97 Å². The van der Waals surface area contributed by atoms with Crippen LogP contribution in [0, 0.1) is 0 Å². The second-order valence-electron chi connectivity index (χ2n) is 6.23. The fraction of sp³-hybridized carbons (Fsp3) is 0.529. The topological polar surface area (TPSA) is 87.0 Å². The minimum atomic E-state index is 0.158. The Hall–Kier alpha value is -1.31. The molecule has 1 unspecified atom stereocenters. The number of ether oxygens (including phenoxy) is 1. The molecule has 0 saturated heterocycles. The zero-order valence-electron chi connectivity index (χ0n) is 13.4. The van der Waals surface area contributed by atoms with E-state index in [2.05, 4.69) is 39.5 Å². The average molecular weight is 426 g/mol. The number of fused-ring (bicyclic) bond motifs is 1. The normalized spacial score (nSPS) is 18.7. The highest BCUT2D eigenvalue weighted by Gasteiger charge is 2.38. The third-order valence-corrected chi connectivity index (χ3v) is 6.41. The zero-order chi connectivity index (χ0) is 16.4. The number of alkyl halides is 1. The SMILES string of the molecule is CCC(Oc1cccc2nc(N)nc(N)c12)C1(I)CCCCC1. The van der Waals surface area contributed by atoms with E-state index in [-0.39, 0.29) is 15.5 Å². The molecule has 0 bridgehead atoms. The lowest BCUT2D eigenvalue weighted by molar-refractivity contribution is 0.137. The molecule has 1 aliphatic rings. The molecule has 1 fully saturated rings. The Morgan fingerprint density at radius 1 is 1.22 bits per heavy atom. The molecule has 0 spiro atoms. The summed E-state index contributed by atoms with van der Waals surface area (Å²) in [5.74, 6) is 1.33. The van der Waals surface area contributed by atoms with Gasteiger partial charge in [0.25, 0.3) is 0 Å². The maximum Gasteiger partial charge on any atom is 0.222 e. The highest BCUT2D eigenvalue weighted by molar-refractivity contribution is 14.1. The summed E-state index contributed by atoms with van der Waals surface area (Å²) >= 11 is 2.61. The lowest BCUT2D eigenvalue weighted by atomic mass is 9.84. The molecular weight excluding hydrogens is 403 g/mol. The molecule has 1 aliphatic carbocycles. The Bertz CT molecular complexity index is 700. The van der Waals surface area contributed by atoms with E-state index >= 15 is 0 Å². The van der Waals surface area contributed by atoms with Gasteiger partial charge in [0.2, 0.25) is 5.95 Å². The van der Waals surface area contributed by atoms with Gasteiger partial charge in [0.15, 0.2) is 0 Å². The van der Waals surface area contributed by atoms with Gasteiger partial charge in [0.1, 0.15) is 17.7 Å². The number of hydrogen-bond acceptors (Lipinski definition) is 5. The second-order valence-corrected chi connectivity index (χ2v) is 8.38. The lowest BCUT2D eigenvalue weighted by Crippen LogP contribution is -2.41. The molecule has 5 nitrogen and oxygen atoms in total. The minimum absolute atomic E-state index is 0.158. The summed E-state index contributed by atoms with van der Waals surface area (Å²) in [4.78, 5) is 8.35. The molecule has 1 aromatic heterocycles. The van der Waals surface area contributed by atoms with Crippen LogP contribution >= 0.6 is 22.6 Å². The van der Waals surface area contributed by atoms with Gasteiger partial charge in [-0.05, 0) is 31.4 Å². The van der Waals surface area contributed by atoms with Gasteiger partial charge in [-0.15, -0.1) is 0 Å². The number of nitrogens with two attached hydrogens (primary N) is 2. The Morgan fingerprint density at radius 3 is 2.65 bits per heavy atom. The Kier molecular flexibility index (Phi) is 4.79. The van der Waals surface area contributed by atoms with E-state index < -0.39 is 0 Å². The number of rotatable bonds is 4. The quantitative estimate of drug-likeness (QED) is 0.568. The standard InChI is InChI=1S/C17H23IN4O/c1-2-13(17(18)9-4-3-5-10-17)23-12-8-6-7-11-14(12)15(19)22-16(20)21-11/h6-8,13H,2-5,9-10H2,1H3,(H4,19,20,21,22). The largest absolute Gasteiger partial charge is 0.488 e. The molecule has 1 heterocycles. The van der Waals surface area contributed by atoms with E-state index in [1.807, 2.05) is 18.2 Å². The fourth-order valence-corrected chi connectivity index (χ4v) is 4.80. The summed E-state index contributed by atoms with van der Waals surface area (Å²) in [5, 5.41) is 0.760. The molecule has 0 radical (unpaired) electrons. The molecule has 4 N–H and O–H groups in total. The van der Waals surface area contributed by atoms with Crippen LogP contribution in [0.1, 0.15) is 45.4 Å². The van der Waals surface area contributed by atoms with E-state index in [4.69, 9.17) is 16.2 Å². The number of hydrogen-bond donors (Lipinski definition) is 2. The monoisotopic (exact) mass is 426 g/mol. The first kappa shape index (κ1) is 16.5. The number of halogens is 1. The van der Waals surface area contributed by atoms with Crippen molar-refractivity contribution in [3.63, 3.8) is 0 Å². The van der Waals surface area contributed by atoms with Crippen LogP contribution in [0.15, 0.2) is 18.2 Å². The van der Waals surface area contributed by atoms with Gasteiger partial charge in [-0.25, -0.2) is 4.98 Å². The molecule has 1 saturated carbocycles. The molecule has 1 atom stereocenters. The van der Waals surface area contributed by atoms with Gasteiger partial charge in [0, 0.05) is 0 Å². The molecule has 23 heavy (non-hydrogen) atoms. The van der Waals surface area contributed by atoms with Gasteiger partial charge in [-0.2, -0.15) is 4.98 Å². The van der Waals surface area contributed by atoms with Crippen LogP contribution in [0.4, 0.5) is 11.8 Å². The number of anilines is 2. The third-order valence-electron chi connectivity index (χ3n) is 4.63. The van der Waals surface area contributed by atoms with Crippen molar-refractivity contribution in [2.24, 2.45) is 0 Å². The van der Waals surface area contributed by atoms with E-state index in [0.29, 0.717) is 5.82 Å². The summed E-state index contributed by atoms with van der Waals surface area (Å²) in [5.41, 5.74) is 12.5. The van der Waals surface area contributed by atoms with Crippen LogP contribution in [-0.2, 0) is 0 Å². The van der Waals surface area contributed by atoms with Crippen molar-refractivity contribution < 1.29 is 4.74 Å². The highest BCUT2D eigenvalue weighted by atomic mass is 127. The van der Waals surface area contributed by atoms with Crippen LogP contribution < -0.4 is 16.2 Å². The van der Waals surface area contributed by atoms with Crippen molar-refractivity contribution in [3.05, 3.63) is 18.2 Å². The van der Waals surface area contributed by atoms with Crippen LogP contribution in [-0.4, -0.2) is 19.5 Å². The van der Waals surface area contributed by atoms with Crippen molar-refractivity contribution >= 4 is 45.3 Å². The number of benzene rings is 1. The average Bonchev–Trinajstić information content (AvgIpc) is 2.52. The molecular formula is C17H23IN4O. The number of nitrogens with zero attached hydrogens (tertiary/aromatic N) is 2. The zero-order valence-corrected chi connectivity index (χ0v) is 15.5. The summed E-state index contributed by atoms with van der Waals surface area (Å²) in [7, 11) is 0. The van der Waals surface area contributed by atoms with E-state index in [1.165, 1.54) is 32.1 Å². The van der Waals surface area contributed by atoms with Gasteiger partial charge in [-0.3, -0.25) is 0 Å². The summed E-state index contributed by atoms with van der Waals surface area (Å²) in [6.07, 6.45) is 7.42. The minimum Gasteiger partial charge on any atom is -0.488 e. The number of nitrogen functional groups attached to an aromatic ring is 2. The summed E-state index contributed by atoms with van der Waals surface area (Å²) in [6, 6.07) is 5.76.